The highest BCUT2D eigenvalue weighted by Gasteiger charge is 2.21. The van der Waals surface area contributed by atoms with E-state index in [2.05, 4.69) is 10.5 Å². The number of aryl methyl sites for hydroxylation is 3. The Morgan fingerprint density at radius 1 is 1.00 bits per heavy atom. The Morgan fingerprint density at radius 2 is 1.74 bits per heavy atom. The van der Waals surface area contributed by atoms with Crippen LogP contribution < -0.4 is 5.32 Å². The third kappa shape index (κ3) is 3.01. The second kappa shape index (κ2) is 6.08. The molecule has 0 saturated heterocycles. The molecule has 1 amide bonds. The molecule has 1 heterocycles. The van der Waals surface area contributed by atoms with E-state index in [1.807, 2.05) is 62.4 Å². The van der Waals surface area contributed by atoms with E-state index >= 15 is 0 Å². The van der Waals surface area contributed by atoms with Gasteiger partial charge in [0, 0.05) is 11.3 Å². The number of hydrogen-bond acceptors (Lipinski definition) is 3. The summed E-state index contributed by atoms with van der Waals surface area (Å²) in [4.78, 5) is 12.7. The van der Waals surface area contributed by atoms with Crippen LogP contribution in [0.15, 0.2) is 53.1 Å². The summed E-state index contributed by atoms with van der Waals surface area (Å²) >= 11 is 0. The summed E-state index contributed by atoms with van der Waals surface area (Å²) in [6.45, 7) is 5.80. The summed E-state index contributed by atoms with van der Waals surface area (Å²) in [7, 11) is 0. The molecule has 0 aliphatic carbocycles. The molecule has 0 aliphatic heterocycles. The largest absolute Gasteiger partial charge is 0.360 e. The number of rotatable bonds is 3. The fraction of sp³-hybridized carbons (Fsp3) is 0.158. The summed E-state index contributed by atoms with van der Waals surface area (Å²) in [5, 5.41) is 6.97. The highest BCUT2D eigenvalue weighted by Crippen LogP contribution is 2.26. The quantitative estimate of drug-likeness (QED) is 0.774. The fourth-order valence-corrected chi connectivity index (χ4v) is 2.45. The van der Waals surface area contributed by atoms with Crippen LogP contribution in [0.4, 0.5) is 5.69 Å². The van der Waals surface area contributed by atoms with Gasteiger partial charge in [-0.3, -0.25) is 4.79 Å². The molecule has 0 spiro atoms. The van der Waals surface area contributed by atoms with Crippen LogP contribution in [-0.2, 0) is 0 Å². The Hall–Kier alpha value is -2.88. The molecule has 116 valence electrons. The van der Waals surface area contributed by atoms with Gasteiger partial charge in [-0.15, -0.1) is 0 Å². The number of nitrogens with one attached hydrogen (secondary N) is 1. The first-order chi connectivity index (χ1) is 11.1. The Labute approximate surface area is 135 Å². The van der Waals surface area contributed by atoms with Crippen LogP contribution in [0.1, 0.15) is 27.2 Å². The molecule has 2 aromatic carbocycles. The van der Waals surface area contributed by atoms with E-state index in [-0.39, 0.29) is 5.91 Å². The lowest BCUT2D eigenvalue weighted by atomic mass is 10.1. The van der Waals surface area contributed by atoms with Crippen molar-refractivity contribution in [2.75, 3.05) is 5.32 Å². The highest BCUT2D eigenvalue weighted by atomic mass is 16.5. The Kier molecular flexibility index (Phi) is 3.98. The molecule has 0 radical (unpaired) electrons. The average Bonchev–Trinajstić information content (AvgIpc) is 2.93. The summed E-state index contributed by atoms with van der Waals surface area (Å²) in [6, 6.07) is 15.4. The van der Waals surface area contributed by atoms with E-state index in [1.165, 1.54) is 5.56 Å². The summed E-state index contributed by atoms with van der Waals surface area (Å²) < 4.78 is 5.24. The maximum Gasteiger partial charge on any atom is 0.261 e. The van der Waals surface area contributed by atoms with Crippen LogP contribution in [0.3, 0.4) is 0 Å². The van der Waals surface area contributed by atoms with Crippen LogP contribution in [0.5, 0.6) is 0 Å². The van der Waals surface area contributed by atoms with Gasteiger partial charge in [-0.1, -0.05) is 41.6 Å². The molecule has 0 bridgehead atoms. The van der Waals surface area contributed by atoms with Crippen LogP contribution >= 0.6 is 0 Å². The molecular formula is C19H18N2O2. The number of amides is 1. The van der Waals surface area contributed by atoms with Gasteiger partial charge in [-0.05, 0) is 44.0 Å². The molecule has 1 N–H and O–H groups in total. The van der Waals surface area contributed by atoms with Crippen molar-refractivity contribution in [1.29, 1.82) is 0 Å². The second-order valence-corrected chi connectivity index (χ2v) is 5.58. The summed E-state index contributed by atoms with van der Waals surface area (Å²) in [5.41, 5.74) is 4.97. The standard InChI is InChI=1S/C19H18N2O2/c1-12-9-10-16(11-13(12)2)20-19(22)17-14(3)23-21-18(17)15-7-5-4-6-8-15/h4-11H,1-3H3,(H,20,22). The number of hydrogen-bond donors (Lipinski definition) is 1. The zero-order valence-corrected chi connectivity index (χ0v) is 13.4. The molecule has 4 nitrogen and oxygen atoms in total. The minimum absolute atomic E-state index is 0.217. The van der Waals surface area contributed by atoms with Gasteiger partial charge in [0.25, 0.3) is 5.91 Å². The van der Waals surface area contributed by atoms with E-state index < -0.39 is 0 Å². The van der Waals surface area contributed by atoms with Crippen molar-refractivity contribution in [2.45, 2.75) is 20.8 Å². The highest BCUT2D eigenvalue weighted by molar-refractivity contribution is 6.08. The number of nitrogens with zero attached hydrogens (tertiary/aromatic N) is 1. The molecule has 0 unspecified atom stereocenters. The average molecular weight is 306 g/mol. The minimum Gasteiger partial charge on any atom is -0.360 e. The zero-order valence-electron chi connectivity index (χ0n) is 13.4. The molecule has 0 saturated carbocycles. The van der Waals surface area contributed by atoms with Crippen LogP contribution in [0.2, 0.25) is 0 Å². The van der Waals surface area contributed by atoms with Gasteiger partial charge in [0.15, 0.2) is 0 Å². The van der Waals surface area contributed by atoms with Gasteiger partial charge in [-0.25, -0.2) is 0 Å². The van der Waals surface area contributed by atoms with Gasteiger partial charge in [-0.2, -0.15) is 0 Å². The van der Waals surface area contributed by atoms with Gasteiger partial charge in [0.05, 0.1) is 0 Å². The van der Waals surface area contributed by atoms with Gasteiger partial charge >= 0.3 is 0 Å². The monoisotopic (exact) mass is 306 g/mol. The first kappa shape index (κ1) is 15.0. The predicted octanol–water partition coefficient (Wildman–Crippen LogP) is 4.52. The summed E-state index contributed by atoms with van der Waals surface area (Å²) in [5.74, 6) is 0.288. The third-order valence-corrected chi connectivity index (χ3v) is 3.90. The minimum atomic E-state index is -0.217. The van der Waals surface area contributed by atoms with E-state index in [4.69, 9.17) is 4.52 Å². The topological polar surface area (TPSA) is 55.1 Å². The van der Waals surface area contributed by atoms with Crippen molar-refractivity contribution >= 4 is 11.6 Å². The normalized spacial score (nSPS) is 10.6. The van der Waals surface area contributed by atoms with E-state index in [0.29, 0.717) is 17.0 Å². The first-order valence-electron chi connectivity index (χ1n) is 7.46. The molecule has 4 heteroatoms. The number of carbonyl (C=O) groups is 1. The van der Waals surface area contributed by atoms with Crippen molar-refractivity contribution in [3.63, 3.8) is 0 Å². The third-order valence-electron chi connectivity index (χ3n) is 3.90. The number of anilines is 1. The fourth-order valence-electron chi connectivity index (χ4n) is 2.45. The lowest BCUT2D eigenvalue weighted by molar-refractivity contribution is 0.102. The SMILES string of the molecule is Cc1ccc(NC(=O)c2c(-c3ccccc3)noc2C)cc1C. The molecule has 3 rings (SSSR count). The number of carbonyl (C=O) groups excluding carboxylic acids is 1. The number of benzene rings is 2. The van der Waals surface area contributed by atoms with Gasteiger partial charge < -0.3 is 9.84 Å². The summed E-state index contributed by atoms with van der Waals surface area (Å²) in [6.07, 6.45) is 0. The van der Waals surface area contributed by atoms with Gasteiger partial charge in [0.2, 0.25) is 0 Å². The second-order valence-electron chi connectivity index (χ2n) is 5.58. The molecular weight excluding hydrogens is 288 g/mol. The lowest BCUT2D eigenvalue weighted by Crippen LogP contribution is -2.13. The van der Waals surface area contributed by atoms with Crippen molar-refractivity contribution in [2.24, 2.45) is 0 Å². The predicted molar refractivity (Wildman–Crippen MR) is 90.5 cm³/mol. The molecule has 0 aliphatic rings. The molecule has 23 heavy (non-hydrogen) atoms. The smallest absolute Gasteiger partial charge is 0.261 e. The van der Waals surface area contributed by atoms with Crippen molar-refractivity contribution in [1.82, 2.24) is 5.16 Å². The van der Waals surface area contributed by atoms with Crippen LogP contribution in [0.25, 0.3) is 11.3 Å². The van der Waals surface area contributed by atoms with Crippen LogP contribution in [-0.4, -0.2) is 11.1 Å². The molecule has 1 aromatic heterocycles. The van der Waals surface area contributed by atoms with Crippen molar-refractivity contribution in [3.8, 4) is 11.3 Å². The Balaban J connectivity index is 1.94. The number of aromatic nitrogens is 1. The van der Waals surface area contributed by atoms with Crippen LogP contribution in [0, 0.1) is 20.8 Å². The maximum absolute atomic E-state index is 12.7. The maximum atomic E-state index is 12.7. The van der Waals surface area contributed by atoms with Gasteiger partial charge in [0.1, 0.15) is 17.0 Å². The molecule has 0 fully saturated rings. The van der Waals surface area contributed by atoms with Crippen molar-refractivity contribution in [3.05, 3.63) is 71.0 Å². The Bertz CT molecular complexity index is 851. The molecule has 3 aromatic rings. The molecule has 0 atom stereocenters. The lowest BCUT2D eigenvalue weighted by Gasteiger charge is -2.08. The first-order valence-corrected chi connectivity index (χ1v) is 7.46. The van der Waals surface area contributed by atoms with E-state index in [0.717, 1.165) is 16.8 Å². The van der Waals surface area contributed by atoms with E-state index in [1.54, 1.807) is 6.92 Å². The van der Waals surface area contributed by atoms with E-state index in [9.17, 15) is 4.79 Å². The zero-order chi connectivity index (χ0) is 16.4. The van der Waals surface area contributed by atoms with Crippen molar-refractivity contribution < 1.29 is 9.32 Å². The Morgan fingerprint density at radius 3 is 2.43 bits per heavy atom.